The number of amides is 3. The van der Waals surface area contributed by atoms with E-state index >= 15 is 0 Å². The van der Waals surface area contributed by atoms with Crippen LogP contribution in [0.3, 0.4) is 0 Å². The van der Waals surface area contributed by atoms with Gasteiger partial charge in [-0.1, -0.05) is 6.08 Å². The average Bonchev–Trinajstić information content (AvgIpc) is 2.26. The molecule has 0 rings (SSSR count). The minimum atomic E-state index is -1.11. The van der Waals surface area contributed by atoms with Gasteiger partial charge in [-0.15, -0.1) is 6.58 Å². The summed E-state index contributed by atoms with van der Waals surface area (Å²) in [5.41, 5.74) is 0. The third-order valence-electron chi connectivity index (χ3n) is 2.14. The molecule has 0 saturated carbocycles. The van der Waals surface area contributed by atoms with E-state index < -0.39 is 18.5 Å². The number of carboxylic acids is 1. The van der Waals surface area contributed by atoms with Gasteiger partial charge >= 0.3 is 12.0 Å². The summed E-state index contributed by atoms with van der Waals surface area (Å²) in [5, 5.41) is 8.69. The third kappa shape index (κ3) is 5.33. The number of carbonyl (C=O) groups is 3. The van der Waals surface area contributed by atoms with Crippen LogP contribution in [-0.4, -0.2) is 78.5 Å². The van der Waals surface area contributed by atoms with Gasteiger partial charge in [-0.25, -0.2) is 4.79 Å². The van der Waals surface area contributed by atoms with Crippen LogP contribution in [0, 0.1) is 0 Å². The molecule has 0 bridgehead atoms. The van der Waals surface area contributed by atoms with Gasteiger partial charge in [-0.2, -0.15) is 0 Å². The summed E-state index contributed by atoms with van der Waals surface area (Å²) in [6, 6.07) is -0.521. The zero-order valence-electron chi connectivity index (χ0n) is 10.9. The normalized spacial score (nSPS) is 9.50. The first-order chi connectivity index (χ1) is 8.29. The molecule has 102 valence electrons. The number of nitrogens with zero attached hydrogens (tertiary/aromatic N) is 3. The fourth-order valence-corrected chi connectivity index (χ4v) is 1.18. The van der Waals surface area contributed by atoms with E-state index in [4.69, 9.17) is 5.11 Å². The van der Waals surface area contributed by atoms with E-state index in [0.29, 0.717) is 0 Å². The van der Waals surface area contributed by atoms with E-state index in [1.807, 2.05) is 0 Å². The molecule has 7 nitrogen and oxygen atoms in total. The lowest BCUT2D eigenvalue weighted by molar-refractivity contribution is -0.137. The standard InChI is InChI=1S/C11H19N3O4/c1-5-6-14(8-10(16)17)11(18)13(4)7-9(15)12(2)3/h5H,1,6-8H2,2-4H3,(H,16,17). The monoisotopic (exact) mass is 257 g/mol. The van der Waals surface area contributed by atoms with Crippen molar-refractivity contribution in [1.82, 2.24) is 14.7 Å². The van der Waals surface area contributed by atoms with Gasteiger partial charge in [0.25, 0.3) is 0 Å². The summed E-state index contributed by atoms with van der Waals surface area (Å²) in [6.07, 6.45) is 1.43. The van der Waals surface area contributed by atoms with E-state index in [0.717, 1.165) is 4.90 Å². The zero-order chi connectivity index (χ0) is 14.3. The van der Waals surface area contributed by atoms with Gasteiger partial charge in [0.15, 0.2) is 0 Å². The Morgan fingerprint density at radius 1 is 1.17 bits per heavy atom. The molecule has 0 aliphatic carbocycles. The van der Waals surface area contributed by atoms with Crippen LogP contribution in [0.2, 0.25) is 0 Å². The summed E-state index contributed by atoms with van der Waals surface area (Å²) >= 11 is 0. The Bertz CT molecular complexity index is 341. The van der Waals surface area contributed by atoms with Gasteiger partial charge in [0.05, 0.1) is 0 Å². The molecule has 0 aliphatic rings. The zero-order valence-corrected chi connectivity index (χ0v) is 10.9. The van der Waals surface area contributed by atoms with Crippen LogP contribution in [0.25, 0.3) is 0 Å². The topological polar surface area (TPSA) is 81.2 Å². The number of likely N-dealkylation sites (N-methyl/N-ethyl adjacent to an activating group) is 2. The predicted octanol–water partition coefficient (Wildman–Crippen LogP) is -0.301. The van der Waals surface area contributed by atoms with Gasteiger partial charge in [-0.3, -0.25) is 9.59 Å². The number of rotatable bonds is 6. The van der Waals surface area contributed by atoms with Crippen LogP contribution in [0.15, 0.2) is 12.7 Å². The molecule has 0 spiro atoms. The van der Waals surface area contributed by atoms with E-state index in [2.05, 4.69) is 6.58 Å². The van der Waals surface area contributed by atoms with Gasteiger partial charge in [-0.05, 0) is 0 Å². The second kappa shape index (κ2) is 7.31. The molecule has 3 amide bonds. The van der Waals surface area contributed by atoms with Crippen molar-refractivity contribution in [3.63, 3.8) is 0 Å². The summed E-state index contributed by atoms with van der Waals surface area (Å²) < 4.78 is 0. The Balaban J connectivity index is 4.60. The quantitative estimate of drug-likeness (QED) is 0.662. The summed E-state index contributed by atoms with van der Waals surface area (Å²) in [5.74, 6) is -1.35. The Kier molecular flexibility index (Phi) is 6.48. The van der Waals surface area contributed by atoms with Crippen LogP contribution in [0.5, 0.6) is 0 Å². The third-order valence-corrected chi connectivity index (χ3v) is 2.14. The number of carbonyl (C=O) groups excluding carboxylic acids is 2. The Hall–Kier alpha value is -2.05. The van der Waals surface area contributed by atoms with Crippen molar-refractivity contribution >= 4 is 17.9 Å². The molecular weight excluding hydrogens is 238 g/mol. The lowest BCUT2D eigenvalue weighted by Gasteiger charge is -2.26. The lowest BCUT2D eigenvalue weighted by atomic mass is 10.4. The summed E-state index contributed by atoms with van der Waals surface area (Å²) in [6.45, 7) is 3.05. The van der Waals surface area contributed by atoms with Crippen molar-refractivity contribution in [3.05, 3.63) is 12.7 Å². The maximum absolute atomic E-state index is 11.9. The molecule has 0 saturated heterocycles. The fourth-order valence-electron chi connectivity index (χ4n) is 1.18. The van der Waals surface area contributed by atoms with Gasteiger partial charge in [0, 0.05) is 27.7 Å². The second-order valence-corrected chi connectivity index (χ2v) is 3.99. The number of hydrogen-bond donors (Lipinski definition) is 1. The van der Waals surface area contributed by atoms with Gasteiger partial charge < -0.3 is 19.8 Å². The van der Waals surface area contributed by atoms with Crippen molar-refractivity contribution < 1.29 is 19.5 Å². The molecule has 0 aromatic heterocycles. The van der Waals surface area contributed by atoms with Crippen molar-refractivity contribution in [3.8, 4) is 0 Å². The molecule has 1 N–H and O–H groups in total. The average molecular weight is 257 g/mol. The van der Waals surface area contributed by atoms with Gasteiger partial charge in [0.1, 0.15) is 13.1 Å². The van der Waals surface area contributed by atoms with Crippen molar-refractivity contribution in [2.45, 2.75) is 0 Å². The summed E-state index contributed by atoms with van der Waals surface area (Å²) in [4.78, 5) is 37.6. The number of carboxylic acid groups (broad SMARTS) is 1. The molecule has 18 heavy (non-hydrogen) atoms. The molecule has 0 atom stereocenters. The van der Waals surface area contributed by atoms with Crippen LogP contribution in [-0.2, 0) is 9.59 Å². The Morgan fingerprint density at radius 3 is 2.11 bits per heavy atom. The number of aliphatic carboxylic acids is 1. The van der Waals surface area contributed by atoms with Gasteiger partial charge in [0.2, 0.25) is 5.91 Å². The first-order valence-electron chi connectivity index (χ1n) is 5.32. The summed E-state index contributed by atoms with van der Waals surface area (Å²) in [7, 11) is 4.61. The van der Waals surface area contributed by atoms with Crippen molar-refractivity contribution in [2.24, 2.45) is 0 Å². The van der Waals surface area contributed by atoms with Crippen molar-refractivity contribution in [1.29, 1.82) is 0 Å². The van der Waals surface area contributed by atoms with E-state index in [1.165, 1.54) is 22.9 Å². The molecular formula is C11H19N3O4. The lowest BCUT2D eigenvalue weighted by Crippen LogP contribution is -2.46. The fraction of sp³-hybridized carbons (Fsp3) is 0.545. The van der Waals surface area contributed by atoms with E-state index in [9.17, 15) is 14.4 Å². The minimum absolute atomic E-state index is 0.0981. The molecule has 0 aromatic carbocycles. The first kappa shape index (κ1) is 16.0. The molecule has 0 aliphatic heterocycles. The minimum Gasteiger partial charge on any atom is -0.480 e. The first-order valence-corrected chi connectivity index (χ1v) is 5.32. The van der Waals surface area contributed by atoms with Crippen molar-refractivity contribution in [2.75, 3.05) is 40.8 Å². The highest BCUT2D eigenvalue weighted by molar-refractivity contribution is 5.85. The molecule has 0 radical (unpaired) electrons. The molecule has 0 fully saturated rings. The second-order valence-electron chi connectivity index (χ2n) is 3.99. The van der Waals surface area contributed by atoms with Crippen LogP contribution >= 0.6 is 0 Å². The highest BCUT2D eigenvalue weighted by Gasteiger charge is 2.21. The SMILES string of the molecule is C=CCN(CC(=O)O)C(=O)N(C)CC(=O)N(C)C. The Labute approximate surface area is 106 Å². The Morgan fingerprint density at radius 2 is 1.72 bits per heavy atom. The largest absolute Gasteiger partial charge is 0.480 e. The molecule has 0 aromatic rings. The number of urea groups is 1. The molecule has 0 unspecified atom stereocenters. The smallest absolute Gasteiger partial charge is 0.323 e. The van der Waals surface area contributed by atoms with Crippen LogP contribution < -0.4 is 0 Å². The maximum Gasteiger partial charge on any atom is 0.323 e. The molecule has 7 heteroatoms. The van der Waals surface area contributed by atoms with E-state index in [-0.39, 0.29) is 19.0 Å². The van der Waals surface area contributed by atoms with Crippen LogP contribution in [0.4, 0.5) is 4.79 Å². The maximum atomic E-state index is 11.9. The highest BCUT2D eigenvalue weighted by atomic mass is 16.4. The number of hydrogen-bond acceptors (Lipinski definition) is 3. The predicted molar refractivity (Wildman–Crippen MR) is 66.1 cm³/mol. The van der Waals surface area contributed by atoms with Crippen LogP contribution in [0.1, 0.15) is 0 Å². The molecule has 0 heterocycles. The van der Waals surface area contributed by atoms with E-state index in [1.54, 1.807) is 14.1 Å². The highest BCUT2D eigenvalue weighted by Crippen LogP contribution is 1.98.